The highest BCUT2D eigenvalue weighted by atomic mass is 16.2. The average Bonchev–Trinajstić information content (AvgIpc) is 2.56. The fourth-order valence-corrected chi connectivity index (χ4v) is 3.73. The molecule has 1 heterocycles. The van der Waals surface area contributed by atoms with Crippen molar-refractivity contribution in [3.05, 3.63) is 35.4 Å². The van der Waals surface area contributed by atoms with E-state index in [2.05, 4.69) is 24.2 Å². The van der Waals surface area contributed by atoms with E-state index in [-0.39, 0.29) is 17.5 Å². The van der Waals surface area contributed by atoms with Gasteiger partial charge in [0.1, 0.15) is 0 Å². The highest BCUT2D eigenvalue weighted by molar-refractivity contribution is 5.93. The Balaban J connectivity index is 2.22. The normalized spacial score (nSPS) is 17.4. The first kappa shape index (κ1) is 20.7. The molecule has 7 nitrogen and oxygen atoms in total. The molecule has 27 heavy (non-hydrogen) atoms. The summed E-state index contributed by atoms with van der Waals surface area (Å²) in [4.78, 5) is 32.7. The number of hydrogen-bond donors (Lipinski definition) is 2. The summed E-state index contributed by atoms with van der Waals surface area (Å²) in [6.07, 6.45) is 0. The first-order chi connectivity index (χ1) is 12.7. The van der Waals surface area contributed by atoms with Crippen LogP contribution in [-0.2, 0) is 11.3 Å². The van der Waals surface area contributed by atoms with Crippen molar-refractivity contribution in [2.24, 2.45) is 10.7 Å². The van der Waals surface area contributed by atoms with Crippen molar-refractivity contribution in [3.8, 4) is 0 Å². The summed E-state index contributed by atoms with van der Waals surface area (Å²) in [6, 6.07) is 7.30. The van der Waals surface area contributed by atoms with Crippen LogP contribution in [0.15, 0.2) is 29.3 Å². The molecule has 148 valence electrons. The topological polar surface area (TPSA) is 91.0 Å². The number of rotatable bonds is 5. The van der Waals surface area contributed by atoms with Crippen LogP contribution in [0.1, 0.15) is 50.5 Å². The second-order valence-electron chi connectivity index (χ2n) is 7.76. The van der Waals surface area contributed by atoms with Gasteiger partial charge in [0.25, 0.3) is 0 Å². The Morgan fingerprint density at radius 2 is 2.07 bits per heavy atom. The number of aliphatic imine (C=N–C) groups is 1. The number of amides is 2. The molecule has 0 aromatic heterocycles. The molecular formula is C20H31N5O2. The van der Waals surface area contributed by atoms with Gasteiger partial charge in [-0.15, -0.1) is 0 Å². The summed E-state index contributed by atoms with van der Waals surface area (Å²) in [5, 5.41) is 3.28. The first-order valence-corrected chi connectivity index (χ1v) is 9.40. The number of hydrogen-bond acceptors (Lipinski definition) is 3. The molecule has 3 N–H and O–H groups in total. The van der Waals surface area contributed by atoms with Gasteiger partial charge in [-0.25, -0.2) is 4.99 Å². The van der Waals surface area contributed by atoms with Gasteiger partial charge in [-0.1, -0.05) is 12.1 Å². The summed E-state index contributed by atoms with van der Waals surface area (Å²) >= 11 is 0. The van der Waals surface area contributed by atoms with Gasteiger partial charge in [0, 0.05) is 24.7 Å². The van der Waals surface area contributed by atoms with Gasteiger partial charge in [-0.2, -0.15) is 0 Å². The minimum atomic E-state index is -0.454. The van der Waals surface area contributed by atoms with Crippen LogP contribution in [0.5, 0.6) is 0 Å². The summed E-state index contributed by atoms with van der Waals surface area (Å²) in [6.45, 7) is 12.4. The third-order valence-corrected chi connectivity index (χ3v) is 4.60. The number of nitrogens with zero attached hydrogens (tertiary/aromatic N) is 3. The number of benzene rings is 1. The van der Waals surface area contributed by atoms with Crippen molar-refractivity contribution >= 4 is 17.8 Å². The van der Waals surface area contributed by atoms with Crippen molar-refractivity contribution in [3.63, 3.8) is 0 Å². The summed E-state index contributed by atoms with van der Waals surface area (Å²) < 4.78 is 0. The van der Waals surface area contributed by atoms with Gasteiger partial charge in [0.15, 0.2) is 5.96 Å². The zero-order valence-electron chi connectivity index (χ0n) is 17.0. The van der Waals surface area contributed by atoms with E-state index in [0.29, 0.717) is 37.7 Å². The Morgan fingerprint density at radius 1 is 1.37 bits per heavy atom. The van der Waals surface area contributed by atoms with E-state index in [0.717, 1.165) is 5.56 Å². The summed E-state index contributed by atoms with van der Waals surface area (Å²) in [5.41, 5.74) is 6.43. The predicted molar refractivity (Wildman–Crippen MR) is 107 cm³/mol. The highest BCUT2D eigenvalue weighted by Gasteiger charge is 2.40. The van der Waals surface area contributed by atoms with Crippen LogP contribution in [0.4, 0.5) is 0 Å². The largest absolute Gasteiger partial charge is 0.366 e. The maximum atomic E-state index is 12.7. The molecule has 1 saturated heterocycles. The molecule has 7 heteroatoms. The van der Waals surface area contributed by atoms with E-state index >= 15 is 0 Å². The van der Waals surface area contributed by atoms with Gasteiger partial charge >= 0.3 is 0 Å². The van der Waals surface area contributed by atoms with E-state index in [9.17, 15) is 9.59 Å². The Bertz CT molecular complexity index is 727. The molecule has 1 aliphatic rings. The fourth-order valence-electron chi connectivity index (χ4n) is 3.73. The Morgan fingerprint density at radius 3 is 2.63 bits per heavy atom. The second kappa shape index (κ2) is 8.41. The van der Waals surface area contributed by atoms with Crippen LogP contribution in [0, 0.1) is 0 Å². The third-order valence-electron chi connectivity index (χ3n) is 4.60. The molecule has 0 saturated carbocycles. The van der Waals surface area contributed by atoms with Crippen molar-refractivity contribution in [1.82, 2.24) is 15.1 Å². The molecule has 0 atom stereocenters. The minimum Gasteiger partial charge on any atom is -0.366 e. The minimum absolute atomic E-state index is 0.0996. The number of carbonyl (C=O) groups is 2. The van der Waals surface area contributed by atoms with Crippen LogP contribution in [0.2, 0.25) is 0 Å². The molecule has 2 amide bonds. The lowest BCUT2D eigenvalue weighted by Gasteiger charge is -2.49. The lowest BCUT2D eigenvalue weighted by molar-refractivity contribution is -0.145. The Hall–Kier alpha value is -2.57. The number of primary amides is 1. The standard InChI is InChI=1S/C20H31N5O2/c1-6-22-19(23-11-15-8-7-9-16(10-15)18(21)27)24-12-17(26)25(14(2)3)20(4,5)13-24/h7-10,14H,6,11-13H2,1-5H3,(H2,21,27)(H,22,23). The van der Waals surface area contributed by atoms with E-state index in [1.165, 1.54) is 0 Å². The highest BCUT2D eigenvalue weighted by Crippen LogP contribution is 2.24. The average molecular weight is 374 g/mol. The van der Waals surface area contributed by atoms with Crippen molar-refractivity contribution in [2.75, 3.05) is 19.6 Å². The molecule has 1 aromatic carbocycles. The third kappa shape index (κ3) is 4.99. The molecule has 0 bridgehead atoms. The van der Waals surface area contributed by atoms with Gasteiger partial charge < -0.3 is 20.9 Å². The Labute approximate surface area is 161 Å². The second-order valence-corrected chi connectivity index (χ2v) is 7.76. The molecule has 1 fully saturated rings. The molecule has 0 unspecified atom stereocenters. The van der Waals surface area contributed by atoms with E-state index < -0.39 is 5.91 Å². The van der Waals surface area contributed by atoms with Gasteiger partial charge in [0.2, 0.25) is 11.8 Å². The van der Waals surface area contributed by atoms with Gasteiger partial charge in [0.05, 0.1) is 18.6 Å². The predicted octanol–water partition coefficient (Wildman–Crippen LogP) is 1.58. The lowest BCUT2D eigenvalue weighted by atomic mass is 9.96. The van der Waals surface area contributed by atoms with Gasteiger partial charge in [-0.05, 0) is 52.3 Å². The number of carbonyl (C=O) groups excluding carboxylic acids is 2. The SMILES string of the molecule is CCNC(=NCc1cccc(C(N)=O)c1)N1CC(=O)N(C(C)C)C(C)(C)C1. The number of guanidine groups is 1. The zero-order chi connectivity index (χ0) is 20.2. The molecule has 1 aromatic rings. The van der Waals surface area contributed by atoms with Crippen LogP contribution in [0.25, 0.3) is 0 Å². The van der Waals surface area contributed by atoms with E-state index in [1.54, 1.807) is 18.2 Å². The van der Waals surface area contributed by atoms with E-state index in [1.807, 2.05) is 36.6 Å². The molecule has 0 spiro atoms. The fraction of sp³-hybridized carbons (Fsp3) is 0.550. The van der Waals surface area contributed by atoms with Gasteiger partial charge in [-0.3, -0.25) is 9.59 Å². The summed E-state index contributed by atoms with van der Waals surface area (Å²) in [7, 11) is 0. The summed E-state index contributed by atoms with van der Waals surface area (Å²) in [5.74, 6) is 0.347. The number of piperazine rings is 1. The first-order valence-electron chi connectivity index (χ1n) is 9.40. The molecule has 2 rings (SSSR count). The molecule has 0 radical (unpaired) electrons. The van der Waals surface area contributed by atoms with Crippen molar-refractivity contribution < 1.29 is 9.59 Å². The van der Waals surface area contributed by atoms with Crippen LogP contribution in [-0.4, -0.2) is 58.8 Å². The zero-order valence-corrected chi connectivity index (χ0v) is 17.0. The monoisotopic (exact) mass is 373 g/mol. The number of nitrogens with one attached hydrogen (secondary N) is 1. The Kier molecular flexibility index (Phi) is 6.46. The van der Waals surface area contributed by atoms with Crippen LogP contribution in [0.3, 0.4) is 0 Å². The van der Waals surface area contributed by atoms with Crippen molar-refractivity contribution in [2.45, 2.75) is 52.7 Å². The lowest BCUT2D eigenvalue weighted by Crippen LogP contribution is -2.66. The molecule has 1 aliphatic heterocycles. The maximum absolute atomic E-state index is 12.7. The van der Waals surface area contributed by atoms with E-state index in [4.69, 9.17) is 5.73 Å². The molecule has 0 aliphatic carbocycles. The van der Waals surface area contributed by atoms with Crippen LogP contribution < -0.4 is 11.1 Å². The maximum Gasteiger partial charge on any atom is 0.248 e. The molecular weight excluding hydrogens is 342 g/mol. The van der Waals surface area contributed by atoms with Crippen molar-refractivity contribution in [1.29, 1.82) is 0 Å². The quantitative estimate of drug-likeness (QED) is 0.606. The number of nitrogens with two attached hydrogens (primary N) is 1. The van der Waals surface area contributed by atoms with Crippen LogP contribution >= 0.6 is 0 Å². The smallest absolute Gasteiger partial charge is 0.248 e.